The zero-order valence-corrected chi connectivity index (χ0v) is 19.1. The second kappa shape index (κ2) is 12.3. The molecule has 6 nitrogen and oxygen atoms in total. The second-order valence-electron chi connectivity index (χ2n) is 7.67. The molecule has 0 saturated carbocycles. The van der Waals surface area contributed by atoms with E-state index in [1.807, 2.05) is 72.8 Å². The molecule has 0 bridgehead atoms. The summed E-state index contributed by atoms with van der Waals surface area (Å²) in [7, 11) is 1.63. The van der Waals surface area contributed by atoms with Gasteiger partial charge < -0.3 is 19.7 Å². The minimum atomic E-state index is -0.645. The molecule has 3 aromatic carbocycles. The SMILES string of the molecule is COc1ccc(CCNC(=O)[C@@H](C)N(Cc2ccccc2)C(=O)COc2ccccc2)cc1. The molecule has 1 atom stereocenters. The van der Waals surface area contributed by atoms with E-state index < -0.39 is 6.04 Å². The topological polar surface area (TPSA) is 67.9 Å². The van der Waals surface area contributed by atoms with E-state index in [9.17, 15) is 9.59 Å². The van der Waals surface area contributed by atoms with Crippen molar-refractivity contribution in [1.82, 2.24) is 10.2 Å². The molecule has 0 aliphatic carbocycles. The van der Waals surface area contributed by atoms with E-state index in [1.165, 1.54) is 0 Å². The van der Waals surface area contributed by atoms with Gasteiger partial charge in [0.25, 0.3) is 5.91 Å². The molecule has 0 radical (unpaired) electrons. The number of carbonyl (C=O) groups is 2. The highest BCUT2D eigenvalue weighted by atomic mass is 16.5. The van der Waals surface area contributed by atoms with Crippen LogP contribution >= 0.6 is 0 Å². The fourth-order valence-corrected chi connectivity index (χ4v) is 3.38. The first kappa shape index (κ1) is 23.9. The first-order chi connectivity index (χ1) is 16.1. The molecule has 33 heavy (non-hydrogen) atoms. The number of carbonyl (C=O) groups excluding carboxylic acids is 2. The van der Waals surface area contributed by atoms with Crippen molar-refractivity contribution in [2.45, 2.75) is 25.9 Å². The Bertz CT molecular complexity index is 1010. The Balaban J connectivity index is 1.60. The van der Waals surface area contributed by atoms with Gasteiger partial charge in [-0.05, 0) is 48.7 Å². The maximum absolute atomic E-state index is 13.0. The minimum absolute atomic E-state index is 0.139. The number of methoxy groups -OCH3 is 1. The van der Waals surface area contributed by atoms with Crippen molar-refractivity contribution < 1.29 is 19.1 Å². The van der Waals surface area contributed by atoms with Gasteiger partial charge in [0.2, 0.25) is 5.91 Å². The fraction of sp³-hybridized carbons (Fsp3) is 0.259. The molecule has 0 spiro atoms. The highest BCUT2D eigenvalue weighted by Gasteiger charge is 2.26. The van der Waals surface area contributed by atoms with E-state index in [-0.39, 0.29) is 18.4 Å². The lowest BCUT2D eigenvalue weighted by Crippen LogP contribution is -2.49. The predicted octanol–water partition coefficient (Wildman–Crippen LogP) is 3.85. The summed E-state index contributed by atoms with van der Waals surface area (Å²) in [6, 6.07) is 25.9. The summed E-state index contributed by atoms with van der Waals surface area (Å²) >= 11 is 0. The summed E-state index contributed by atoms with van der Waals surface area (Å²) in [5, 5.41) is 2.95. The zero-order chi connectivity index (χ0) is 23.5. The quantitative estimate of drug-likeness (QED) is 0.486. The maximum Gasteiger partial charge on any atom is 0.261 e. The van der Waals surface area contributed by atoms with Crippen molar-refractivity contribution in [3.8, 4) is 11.5 Å². The van der Waals surface area contributed by atoms with Crippen molar-refractivity contribution in [1.29, 1.82) is 0 Å². The molecule has 0 fully saturated rings. The number of benzene rings is 3. The molecule has 3 aromatic rings. The van der Waals surface area contributed by atoms with Gasteiger partial charge in [-0.15, -0.1) is 0 Å². The summed E-state index contributed by atoms with van der Waals surface area (Å²) < 4.78 is 10.8. The van der Waals surface area contributed by atoms with Gasteiger partial charge in [0.1, 0.15) is 17.5 Å². The Kier molecular flexibility index (Phi) is 8.88. The van der Waals surface area contributed by atoms with E-state index in [2.05, 4.69) is 5.32 Å². The number of hydrogen-bond donors (Lipinski definition) is 1. The summed E-state index contributed by atoms with van der Waals surface area (Å²) in [5.41, 5.74) is 2.04. The molecule has 0 aliphatic heterocycles. The number of para-hydroxylation sites is 1. The highest BCUT2D eigenvalue weighted by Crippen LogP contribution is 2.13. The number of ether oxygens (including phenoxy) is 2. The summed E-state index contributed by atoms with van der Waals surface area (Å²) in [4.78, 5) is 27.5. The van der Waals surface area contributed by atoms with Gasteiger partial charge in [0, 0.05) is 13.1 Å². The monoisotopic (exact) mass is 446 g/mol. The first-order valence-electron chi connectivity index (χ1n) is 11.0. The van der Waals surface area contributed by atoms with Gasteiger partial charge in [0.05, 0.1) is 7.11 Å². The van der Waals surface area contributed by atoms with Crippen LogP contribution in [-0.4, -0.2) is 43.0 Å². The van der Waals surface area contributed by atoms with Crippen molar-refractivity contribution in [3.05, 3.63) is 96.1 Å². The van der Waals surface area contributed by atoms with Crippen LogP contribution in [0.4, 0.5) is 0 Å². The van der Waals surface area contributed by atoms with E-state index in [0.29, 0.717) is 25.3 Å². The standard InChI is InChI=1S/C27H30N2O4/c1-21(27(31)28-18-17-22-13-15-24(32-2)16-14-22)29(19-23-9-5-3-6-10-23)26(30)20-33-25-11-7-4-8-12-25/h3-16,21H,17-20H2,1-2H3,(H,28,31)/t21-/m1/s1. The molecule has 0 aromatic heterocycles. The fourth-order valence-electron chi connectivity index (χ4n) is 3.38. The Hall–Kier alpha value is -3.80. The normalized spacial score (nSPS) is 11.3. The molecule has 0 unspecified atom stereocenters. The predicted molar refractivity (Wildman–Crippen MR) is 128 cm³/mol. The zero-order valence-electron chi connectivity index (χ0n) is 19.1. The van der Waals surface area contributed by atoms with Crippen molar-refractivity contribution in [2.75, 3.05) is 20.3 Å². The average molecular weight is 447 g/mol. The first-order valence-corrected chi connectivity index (χ1v) is 11.0. The van der Waals surface area contributed by atoms with Gasteiger partial charge in [-0.2, -0.15) is 0 Å². The lowest BCUT2D eigenvalue weighted by molar-refractivity contribution is -0.142. The van der Waals surface area contributed by atoms with Crippen molar-refractivity contribution in [2.24, 2.45) is 0 Å². The van der Waals surface area contributed by atoms with Gasteiger partial charge >= 0.3 is 0 Å². The Morgan fingerprint density at radius 3 is 2.12 bits per heavy atom. The van der Waals surface area contributed by atoms with Crippen molar-refractivity contribution >= 4 is 11.8 Å². The van der Waals surface area contributed by atoms with Crippen LogP contribution in [0.2, 0.25) is 0 Å². The molecule has 3 rings (SSSR count). The van der Waals surface area contributed by atoms with Crippen LogP contribution in [-0.2, 0) is 22.6 Å². The molecule has 1 N–H and O–H groups in total. The molecule has 0 aliphatic rings. The summed E-state index contributed by atoms with van der Waals surface area (Å²) in [6.45, 7) is 2.40. The third kappa shape index (κ3) is 7.38. The lowest BCUT2D eigenvalue weighted by Gasteiger charge is -2.28. The number of amides is 2. The molecular formula is C27H30N2O4. The van der Waals surface area contributed by atoms with E-state index in [0.717, 1.165) is 16.9 Å². The average Bonchev–Trinajstić information content (AvgIpc) is 2.87. The summed E-state index contributed by atoms with van der Waals surface area (Å²) in [6.07, 6.45) is 0.687. The number of rotatable bonds is 11. The molecule has 172 valence electrons. The van der Waals surface area contributed by atoms with Crippen LogP contribution in [0.15, 0.2) is 84.9 Å². The Morgan fingerprint density at radius 1 is 0.848 bits per heavy atom. The number of hydrogen-bond acceptors (Lipinski definition) is 4. The molecule has 0 heterocycles. The largest absolute Gasteiger partial charge is 0.497 e. The number of nitrogens with zero attached hydrogens (tertiary/aromatic N) is 1. The van der Waals surface area contributed by atoms with Crippen LogP contribution in [0.5, 0.6) is 11.5 Å². The molecular weight excluding hydrogens is 416 g/mol. The van der Waals surface area contributed by atoms with Gasteiger partial charge in [-0.1, -0.05) is 60.7 Å². The third-order valence-corrected chi connectivity index (χ3v) is 5.34. The Labute approximate surface area is 195 Å². The van der Waals surface area contributed by atoms with Crippen LogP contribution in [0, 0.1) is 0 Å². The van der Waals surface area contributed by atoms with E-state index in [1.54, 1.807) is 31.1 Å². The lowest BCUT2D eigenvalue weighted by atomic mass is 10.1. The third-order valence-electron chi connectivity index (χ3n) is 5.34. The van der Waals surface area contributed by atoms with Crippen LogP contribution in [0.1, 0.15) is 18.1 Å². The Morgan fingerprint density at radius 2 is 1.48 bits per heavy atom. The van der Waals surface area contributed by atoms with E-state index in [4.69, 9.17) is 9.47 Å². The van der Waals surface area contributed by atoms with E-state index >= 15 is 0 Å². The maximum atomic E-state index is 13.0. The van der Waals surface area contributed by atoms with Crippen molar-refractivity contribution in [3.63, 3.8) is 0 Å². The van der Waals surface area contributed by atoms with Crippen LogP contribution in [0.25, 0.3) is 0 Å². The number of nitrogens with one attached hydrogen (secondary N) is 1. The minimum Gasteiger partial charge on any atom is -0.497 e. The van der Waals surface area contributed by atoms with Crippen LogP contribution in [0.3, 0.4) is 0 Å². The highest BCUT2D eigenvalue weighted by molar-refractivity contribution is 5.88. The summed E-state index contributed by atoms with van der Waals surface area (Å²) in [5.74, 6) is 0.958. The molecule has 0 saturated heterocycles. The molecule has 6 heteroatoms. The van der Waals surface area contributed by atoms with Gasteiger partial charge in [0.15, 0.2) is 6.61 Å². The second-order valence-corrected chi connectivity index (χ2v) is 7.67. The van der Waals surface area contributed by atoms with Gasteiger partial charge in [-0.3, -0.25) is 9.59 Å². The molecule has 2 amide bonds. The smallest absolute Gasteiger partial charge is 0.261 e. The van der Waals surface area contributed by atoms with Crippen LogP contribution < -0.4 is 14.8 Å². The van der Waals surface area contributed by atoms with Gasteiger partial charge in [-0.25, -0.2) is 0 Å².